The number of hydrogen-bond donors (Lipinski definition) is 1. The fraction of sp³-hybridized carbons (Fsp3) is 1.00. The topological polar surface area (TPSA) is 33.7 Å². The summed E-state index contributed by atoms with van der Waals surface area (Å²) in [6, 6.07) is 0. The number of methoxy groups -OCH3 is 1. The van der Waals surface area contributed by atoms with Crippen LogP contribution in [0.1, 0.15) is 32.6 Å². The van der Waals surface area contributed by atoms with E-state index in [1.807, 2.05) is 7.11 Å². The molecule has 0 bridgehead atoms. The molecule has 0 aromatic heterocycles. The third kappa shape index (κ3) is 4.19. The molecule has 3 unspecified atom stereocenters. The zero-order valence-electron chi connectivity index (χ0n) is 11.9. The first-order valence-corrected chi connectivity index (χ1v) is 7.43. The summed E-state index contributed by atoms with van der Waals surface area (Å²) in [6.45, 7) is 7.55. The van der Waals surface area contributed by atoms with E-state index in [9.17, 15) is 0 Å². The lowest BCUT2D eigenvalue weighted by Gasteiger charge is -2.33. The number of likely N-dealkylation sites (N-methyl/N-ethyl adjacent to an activating group) is 1. The Balaban J connectivity index is 1.67. The standard InChI is InChI=1S/C14H28N2O2/c1-3-15-9-12-6-7-14(18-12)11-16-8-4-5-13(10-16)17-2/h12-15H,3-11H2,1-2H3. The summed E-state index contributed by atoms with van der Waals surface area (Å²) in [5.74, 6) is 0. The van der Waals surface area contributed by atoms with E-state index in [1.54, 1.807) is 0 Å². The molecule has 1 N–H and O–H groups in total. The molecule has 0 aromatic rings. The summed E-state index contributed by atoms with van der Waals surface area (Å²) in [7, 11) is 1.83. The Bertz CT molecular complexity index is 238. The predicted octanol–water partition coefficient (Wildman–Crippen LogP) is 1.25. The van der Waals surface area contributed by atoms with E-state index in [0.717, 1.165) is 26.2 Å². The Morgan fingerprint density at radius 2 is 2.11 bits per heavy atom. The van der Waals surface area contributed by atoms with E-state index in [2.05, 4.69) is 17.1 Å². The lowest BCUT2D eigenvalue weighted by molar-refractivity contribution is -0.00962. The Labute approximate surface area is 111 Å². The van der Waals surface area contributed by atoms with Crippen LogP contribution in [0.2, 0.25) is 0 Å². The molecule has 0 radical (unpaired) electrons. The van der Waals surface area contributed by atoms with E-state index in [1.165, 1.54) is 32.2 Å². The Hall–Kier alpha value is -0.160. The van der Waals surface area contributed by atoms with E-state index >= 15 is 0 Å². The maximum atomic E-state index is 6.09. The number of hydrogen-bond acceptors (Lipinski definition) is 4. The smallest absolute Gasteiger partial charge is 0.0707 e. The van der Waals surface area contributed by atoms with Crippen molar-refractivity contribution >= 4 is 0 Å². The van der Waals surface area contributed by atoms with E-state index in [4.69, 9.17) is 9.47 Å². The number of piperidine rings is 1. The molecule has 2 rings (SSSR count). The number of nitrogens with zero attached hydrogens (tertiary/aromatic N) is 1. The fourth-order valence-electron chi connectivity index (χ4n) is 3.03. The summed E-state index contributed by atoms with van der Waals surface area (Å²) in [6.07, 6.45) is 6.18. The second-order valence-electron chi connectivity index (χ2n) is 5.52. The quantitative estimate of drug-likeness (QED) is 0.775. The van der Waals surface area contributed by atoms with Crippen molar-refractivity contribution in [2.45, 2.75) is 50.9 Å². The summed E-state index contributed by atoms with van der Waals surface area (Å²) in [5, 5.41) is 3.37. The predicted molar refractivity (Wildman–Crippen MR) is 72.9 cm³/mol. The van der Waals surface area contributed by atoms with Crippen molar-refractivity contribution in [2.24, 2.45) is 0 Å². The van der Waals surface area contributed by atoms with Crippen LogP contribution in [0.5, 0.6) is 0 Å². The number of likely N-dealkylation sites (tertiary alicyclic amines) is 1. The molecule has 0 saturated carbocycles. The monoisotopic (exact) mass is 256 g/mol. The van der Waals surface area contributed by atoms with Crippen molar-refractivity contribution in [3.05, 3.63) is 0 Å². The molecule has 2 heterocycles. The first-order valence-electron chi connectivity index (χ1n) is 7.43. The van der Waals surface area contributed by atoms with Crippen LogP contribution in [0.4, 0.5) is 0 Å². The molecule has 2 fully saturated rings. The van der Waals surface area contributed by atoms with Gasteiger partial charge in [-0.25, -0.2) is 0 Å². The summed E-state index contributed by atoms with van der Waals surface area (Å²) < 4.78 is 11.6. The largest absolute Gasteiger partial charge is 0.380 e. The van der Waals surface area contributed by atoms with Crippen LogP contribution in [-0.4, -0.2) is 63.0 Å². The van der Waals surface area contributed by atoms with Gasteiger partial charge in [0.2, 0.25) is 0 Å². The Kier molecular flexibility index (Phi) is 5.89. The van der Waals surface area contributed by atoms with Crippen LogP contribution in [0.25, 0.3) is 0 Å². The van der Waals surface area contributed by atoms with Crippen molar-refractivity contribution < 1.29 is 9.47 Å². The van der Waals surface area contributed by atoms with Crippen LogP contribution in [0.3, 0.4) is 0 Å². The van der Waals surface area contributed by atoms with Gasteiger partial charge in [0.05, 0.1) is 18.3 Å². The molecule has 4 heteroatoms. The van der Waals surface area contributed by atoms with Crippen LogP contribution in [0, 0.1) is 0 Å². The van der Waals surface area contributed by atoms with Crippen LogP contribution >= 0.6 is 0 Å². The minimum Gasteiger partial charge on any atom is -0.380 e. The third-order valence-electron chi connectivity index (χ3n) is 4.07. The normalized spacial score (nSPS) is 34.0. The van der Waals surface area contributed by atoms with Gasteiger partial charge in [0.25, 0.3) is 0 Å². The minimum absolute atomic E-state index is 0.428. The van der Waals surface area contributed by atoms with E-state index in [0.29, 0.717) is 18.3 Å². The highest BCUT2D eigenvalue weighted by Crippen LogP contribution is 2.22. The maximum Gasteiger partial charge on any atom is 0.0707 e. The average Bonchev–Trinajstić information content (AvgIpc) is 2.84. The van der Waals surface area contributed by atoms with Gasteiger partial charge in [0.15, 0.2) is 0 Å². The summed E-state index contributed by atoms with van der Waals surface area (Å²) in [5.41, 5.74) is 0. The summed E-state index contributed by atoms with van der Waals surface area (Å²) >= 11 is 0. The average molecular weight is 256 g/mol. The molecule has 0 aromatic carbocycles. The minimum atomic E-state index is 0.428. The molecular weight excluding hydrogens is 228 g/mol. The highest BCUT2D eigenvalue weighted by atomic mass is 16.5. The van der Waals surface area contributed by atoms with Crippen LogP contribution in [0.15, 0.2) is 0 Å². The zero-order valence-corrected chi connectivity index (χ0v) is 11.9. The molecule has 0 amide bonds. The molecule has 0 aliphatic carbocycles. The van der Waals surface area contributed by atoms with Gasteiger partial charge in [-0.15, -0.1) is 0 Å². The Morgan fingerprint density at radius 1 is 1.28 bits per heavy atom. The fourth-order valence-corrected chi connectivity index (χ4v) is 3.03. The van der Waals surface area contributed by atoms with Crippen molar-refractivity contribution in [3.8, 4) is 0 Å². The van der Waals surface area contributed by atoms with Gasteiger partial charge in [0, 0.05) is 26.7 Å². The molecule has 18 heavy (non-hydrogen) atoms. The van der Waals surface area contributed by atoms with Gasteiger partial charge < -0.3 is 14.8 Å². The first kappa shape index (κ1) is 14.3. The lowest BCUT2D eigenvalue weighted by atomic mass is 10.1. The van der Waals surface area contributed by atoms with Crippen molar-refractivity contribution in [1.29, 1.82) is 0 Å². The van der Waals surface area contributed by atoms with E-state index in [-0.39, 0.29) is 0 Å². The summed E-state index contributed by atoms with van der Waals surface area (Å²) in [4.78, 5) is 2.51. The lowest BCUT2D eigenvalue weighted by Crippen LogP contribution is -2.43. The number of nitrogens with one attached hydrogen (secondary N) is 1. The van der Waals surface area contributed by atoms with Gasteiger partial charge in [-0.2, -0.15) is 0 Å². The van der Waals surface area contributed by atoms with Crippen molar-refractivity contribution in [2.75, 3.05) is 39.8 Å². The van der Waals surface area contributed by atoms with E-state index < -0.39 is 0 Å². The maximum absolute atomic E-state index is 6.09. The molecule has 2 aliphatic heterocycles. The second kappa shape index (κ2) is 7.43. The van der Waals surface area contributed by atoms with Gasteiger partial charge >= 0.3 is 0 Å². The zero-order chi connectivity index (χ0) is 12.8. The molecule has 106 valence electrons. The number of ether oxygens (including phenoxy) is 2. The Morgan fingerprint density at radius 3 is 2.89 bits per heavy atom. The third-order valence-corrected chi connectivity index (χ3v) is 4.07. The molecule has 4 nitrogen and oxygen atoms in total. The molecule has 2 aliphatic rings. The molecule has 0 spiro atoms. The van der Waals surface area contributed by atoms with Gasteiger partial charge in [-0.3, -0.25) is 4.90 Å². The van der Waals surface area contributed by atoms with Gasteiger partial charge in [-0.05, 0) is 38.8 Å². The van der Waals surface area contributed by atoms with Crippen LogP contribution in [-0.2, 0) is 9.47 Å². The van der Waals surface area contributed by atoms with Crippen molar-refractivity contribution in [3.63, 3.8) is 0 Å². The van der Waals surface area contributed by atoms with Crippen molar-refractivity contribution in [1.82, 2.24) is 10.2 Å². The molecule has 2 saturated heterocycles. The molecule has 3 atom stereocenters. The second-order valence-corrected chi connectivity index (χ2v) is 5.52. The first-order chi connectivity index (χ1) is 8.81. The van der Waals surface area contributed by atoms with Gasteiger partial charge in [0.1, 0.15) is 0 Å². The van der Waals surface area contributed by atoms with Gasteiger partial charge in [-0.1, -0.05) is 6.92 Å². The highest BCUT2D eigenvalue weighted by Gasteiger charge is 2.28. The molecular formula is C14H28N2O2. The van der Waals surface area contributed by atoms with Crippen LogP contribution < -0.4 is 5.32 Å². The SMILES string of the molecule is CCNCC1CCC(CN2CCCC(OC)C2)O1. The highest BCUT2D eigenvalue weighted by molar-refractivity contribution is 4.81. The number of rotatable bonds is 6.